The molecule has 0 aliphatic carbocycles. The summed E-state index contributed by atoms with van der Waals surface area (Å²) >= 11 is 0. The topological polar surface area (TPSA) is 46.2 Å². The molecular formula is C10H13NO2S. The highest BCUT2D eigenvalue weighted by molar-refractivity contribution is 7.91. The van der Waals surface area contributed by atoms with E-state index in [1.165, 1.54) is 0 Å². The summed E-state index contributed by atoms with van der Waals surface area (Å²) in [6.07, 6.45) is 0. The van der Waals surface area contributed by atoms with Crippen LogP contribution in [0.1, 0.15) is 11.1 Å². The Kier molecular flexibility index (Phi) is 2.03. The van der Waals surface area contributed by atoms with E-state index >= 15 is 0 Å². The lowest BCUT2D eigenvalue weighted by molar-refractivity contribution is 0.594. The Bertz CT molecular complexity index is 477. The molecule has 0 radical (unpaired) electrons. The monoisotopic (exact) mass is 211 g/mol. The lowest BCUT2D eigenvalue weighted by Gasteiger charge is -2.21. The second kappa shape index (κ2) is 2.98. The predicted octanol–water partition coefficient (Wildman–Crippen LogP) is 1.50. The summed E-state index contributed by atoms with van der Waals surface area (Å²) in [6.45, 7) is 4.44. The van der Waals surface area contributed by atoms with Gasteiger partial charge < -0.3 is 5.32 Å². The number of fused-ring (bicyclic) bond motifs is 1. The van der Waals surface area contributed by atoms with Crippen LogP contribution >= 0.6 is 0 Å². The van der Waals surface area contributed by atoms with E-state index in [1.807, 2.05) is 19.9 Å². The zero-order chi connectivity index (χ0) is 10.3. The van der Waals surface area contributed by atoms with Crippen LogP contribution in [0.25, 0.3) is 0 Å². The third kappa shape index (κ3) is 1.30. The molecule has 14 heavy (non-hydrogen) atoms. The van der Waals surface area contributed by atoms with Crippen molar-refractivity contribution in [2.45, 2.75) is 18.7 Å². The summed E-state index contributed by atoms with van der Waals surface area (Å²) in [5.74, 6) is 0.197. The van der Waals surface area contributed by atoms with Crippen LogP contribution in [0.5, 0.6) is 0 Å². The van der Waals surface area contributed by atoms with Crippen LogP contribution in [0.4, 0.5) is 5.69 Å². The number of hydrogen-bond donors (Lipinski definition) is 1. The van der Waals surface area contributed by atoms with Gasteiger partial charge in [0, 0.05) is 6.54 Å². The van der Waals surface area contributed by atoms with Gasteiger partial charge >= 0.3 is 0 Å². The Balaban J connectivity index is 2.75. The minimum atomic E-state index is -3.04. The van der Waals surface area contributed by atoms with E-state index in [0.717, 1.165) is 16.8 Å². The number of nitrogens with one attached hydrogen (secondary N) is 1. The van der Waals surface area contributed by atoms with Crippen molar-refractivity contribution in [3.05, 3.63) is 23.3 Å². The highest BCUT2D eigenvalue weighted by Gasteiger charge is 2.24. The second-order valence-electron chi connectivity index (χ2n) is 3.63. The molecule has 0 saturated heterocycles. The molecule has 76 valence electrons. The summed E-state index contributed by atoms with van der Waals surface area (Å²) in [5.41, 5.74) is 2.94. The number of hydrogen-bond acceptors (Lipinski definition) is 3. The van der Waals surface area contributed by atoms with E-state index in [1.54, 1.807) is 6.07 Å². The molecule has 1 heterocycles. The predicted molar refractivity (Wildman–Crippen MR) is 56.5 cm³/mol. The molecule has 3 nitrogen and oxygen atoms in total. The normalized spacial score (nSPS) is 18.4. The number of aryl methyl sites for hydroxylation is 1. The standard InChI is InChI=1S/C10H13NO2S/c1-7-3-4-9-10(8(7)2)11-5-6-14(9,12)13/h3-4,11H,5-6H2,1-2H3. The first kappa shape index (κ1) is 9.52. The smallest absolute Gasteiger partial charge is 0.182 e. The van der Waals surface area contributed by atoms with Crippen molar-refractivity contribution in [2.75, 3.05) is 17.6 Å². The maximum Gasteiger partial charge on any atom is 0.182 e. The number of anilines is 1. The van der Waals surface area contributed by atoms with Crippen molar-refractivity contribution in [3.63, 3.8) is 0 Å². The highest BCUT2D eigenvalue weighted by Crippen LogP contribution is 2.30. The van der Waals surface area contributed by atoms with Crippen molar-refractivity contribution in [2.24, 2.45) is 0 Å². The lowest BCUT2D eigenvalue weighted by atomic mass is 10.1. The zero-order valence-corrected chi connectivity index (χ0v) is 9.11. The Morgan fingerprint density at radius 2 is 2.00 bits per heavy atom. The molecule has 0 bridgehead atoms. The van der Waals surface area contributed by atoms with Crippen LogP contribution in [-0.2, 0) is 9.84 Å². The summed E-state index contributed by atoms with van der Waals surface area (Å²) in [7, 11) is -3.04. The zero-order valence-electron chi connectivity index (χ0n) is 8.29. The quantitative estimate of drug-likeness (QED) is 0.707. The van der Waals surface area contributed by atoms with E-state index in [-0.39, 0.29) is 5.75 Å². The van der Waals surface area contributed by atoms with Crippen molar-refractivity contribution >= 4 is 15.5 Å². The molecule has 0 unspecified atom stereocenters. The molecule has 4 heteroatoms. The van der Waals surface area contributed by atoms with Gasteiger partial charge in [-0.25, -0.2) is 8.42 Å². The minimum absolute atomic E-state index is 0.197. The molecule has 1 aliphatic heterocycles. The number of sulfone groups is 1. The molecular weight excluding hydrogens is 198 g/mol. The first-order chi connectivity index (χ1) is 6.52. The average molecular weight is 211 g/mol. The molecule has 0 atom stereocenters. The fourth-order valence-corrected chi connectivity index (χ4v) is 3.09. The third-order valence-corrected chi connectivity index (χ3v) is 4.46. The molecule has 1 aromatic carbocycles. The second-order valence-corrected chi connectivity index (χ2v) is 5.70. The average Bonchev–Trinajstić information content (AvgIpc) is 2.11. The Morgan fingerprint density at radius 3 is 2.71 bits per heavy atom. The van der Waals surface area contributed by atoms with Gasteiger partial charge in [-0.1, -0.05) is 6.07 Å². The molecule has 2 rings (SSSR count). The molecule has 0 fully saturated rings. The first-order valence-electron chi connectivity index (χ1n) is 4.59. The highest BCUT2D eigenvalue weighted by atomic mass is 32.2. The van der Waals surface area contributed by atoms with Crippen molar-refractivity contribution < 1.29 is 8.42 Å². The van der Waals surface area contributed by atoms with Crippen LogP contribution in [0.2, 0.25) is 0 Å². The maximum absolute atomic E-state index is 11.7. The van der Waals surface area contributed by atoms with Crippen LogP contribution in [0.15, 0.2) is 17.0 Å². The van der Waals surface area contributed by atoms with Gasteiger partial charge in [0.1, 0.15) is 0 Å². The van der Waals surface area contributed by atoms with Gasteiger partial charge in [-0.05, 0) is 31.0 Å². The van der Waals surface area contributed by atoms with E-state index < -0.39 is 9.84 Å². The Morgan fingerprint density at radius 1 is 1.29 bits per heavy atom. The van der Waals surface area contributed by atoms with Crippen molar-refractivity contribution in [1.29, 1.82) is 0 Å². The van der Waals surface area contributed by atoms with Gasteiger partial charge in [0.25, 0.3) is 0 Å². The van der Waals surface area contributed by atoms with Crippen LogP contribution in [0.3, 0.4) is 0 Å². The van der Waals surface area contributed by atoms with E-state index in [4.69, 9.17) is 0 Å². The van der Waals surface area contributed by atoms with Gasteiger partial charge in [-0.15, -0.1) is 0 Å². The molecule has 0 aromatic heterocycles. The van der Waals surface area contributed by atoms with E-state index in [0.29, 0.717) is 11.4 Å². The van der Waals surface area contributed by atoms with Crippen molar-refractivity contribution in [3.8, 4) is 0 Å². The van der Waals surface area contributed by atoms with Crippen LogP contribution in [0, 0.1) is 13.8 Å². The Labute approximate surface area is 84.1 Å². The molecule has 1 N–H and O–H groups in total. The molecule has 0 saturated carbocycles. The summed E-state index contributed by atoms with van der Waals surface area (Å²) in [6, 6.07) is 3.55. The van der Waals surface area contributed by atoms with E-state index in [2.05, 4.69) is 5.32 Å². The Hall–Kier alpha value is -1.03. The summed E-state index contributed by atoms with van der Waals surface area (Å²) in [4.78, 5) is 0.451. The summed E-state index contributed by atoms with van der Waals surface area (Å²) < 4.78 is 23.4. The first-order valence-corrected chi connectivity index (χ1v) is 6.24. The van der Waals surface area contributed by atoms with Gasteiger partial charge in [0.15, 0.2) is 9.84 Å². The van der Waals surface area contributed by atoms with Crippen LogP contribution < -0.4 is 5.32 Å². The molecule has 1 aromatic rings. The third-order valence-electron chi connectivity index (χ3n) is 2.71. The van der Waals surface area contributed by atoms with Crippen LogP contribution in [-0.4, -0.2) is 20.7 Å². The fourth-order valence-electron chi connectivity index (χ4n) is 1.69. The van der Waals surface area contributed by atoms with Gasteiger partial charge in [-0.3, -0.25) is 0 Å². The number of rotatable bonds is 0. The maximum atomic E-state index is 11.7. The van der Waals surface area contributed by atoms with E-state index in [9.17, 15) is 8.42 Å². The molecule has 0 spiro atoms. The van der Waals surface area contributed by atoms with Gasteiger partial charge in [0.05, 0.1) is 16.3 Å². The minimum Gasteiger partial charge on any atom is -0.383 e. The van der Waals surface area contributed by atoms with Gasteiger partial charge in [0.2, 0.25) is 0 Å². The lowest BCUT2D eigenvalue weighted by Crippen LogP contribution is -2.24. The van der Waals surface area contributed by atoms with Gasteiger partial charge in [-0.2, -0.15) is 0 Å². The largest absolute Gasteiger partial charge is 0.383 e. The van der Waals surface area contributed by atoms with Crippen molar-refractivity contribution in [1.82, 2.24) is 0 Å². The SMILES string of the molecule is Cc1ccc2c(c1C)NCCS2(=O)=O. The molecule has 0 amide bonds. The summed E-state index contributed by atoms with van der Waals surface area (Å²) in [5, 5.41) is 3.15. The molecule has 1 aliphatic rings. The fraction of sp³-hybridized carbons (Fsp3) is 0.400. The number of benzene rings is 1.